The normalized spacial score (nSPS) is 41.1. The molecule has 8 unspecified atom stereocenters. The fourth-order valence-corrected chi connectivity index (χ4v) is 8.29. The van der Waals surface area contributed by atoms with E-state index in [9.17, 15) is 19.8 Å². The number of hydrogen-bond donors (Lipinski definition) is 3. The summed E-state index contributed by atoms with van der Waals surface area (Å²) in [5.74, 6) is 0.398. The number of esters is 1. The first kappa shape index (κ1) is 28.0. The highest BCUT2D eigenvalue weighted by Crippen LogP contribution is 2.67. The number of fused-ring (bicyclic) bond motifs is 5. The minimum Gasteiger partial charge on any atom is -0.459 e. The van der Waals surface area contributed by atoms with Crippen molar-refractivity contribution in [2.24, 2.45) is 33.7 Å². The van der Waals surface area contributed by atoms with Crippen LogP contribution in [0.2, 0.25) is 0 Å². The van der Waals surface area contributed by atoms with Gasteiger partial charge in [0.2, 0.25) is 0 Å². The fraction of sp³-hybridized carbons (Fsp3) is 0.821. The Balaban J connectivity index is 1.73. The molecule has 4 aliphatic carbocycles. The minimum atomic E-state index is -1.57. The zero-order valence-electron chi connectivity index (χ0n) is 22.9. The Hall–Kier alpha value is -1.97. The van der Waals surface area contributed by atoms with E-state index in [-0.39, 0.29) is 37.1 Å². The van der Waals surface area contributed by atoms with Crippen molar-refractivity contribution in [3.63, 3.8) is 0 Å². The van der Waals surface area contributed by atoms with Gasteiger partial charge in [-0.2, -0.15) is 5.10 Å². The number of methoxy groups -OCH3 is 1. The molecule has 0 aromatic rings. The van der Waals surface area contributed by atoms with Gasteiger partial charge >= 0.3 is 12.1 Å². The first-order valence-electron chi connectivity index (χ1n) is 13.8. The molecule has 0 aromatic carbocycles. The van der Waals surface area contributed by atoms with Gasteiger partial charge in [0.25, 0.3) is 0 Å². The van der Waals surface area contributed by atoms with Crippen LogP contribution < -0.4 is 5.43 Å². The van der Waals surface area contributed by atoms with E-state index in [4.69, 9.17) is 14.2 Å². The Morgan fingerprint density at radius 2 is 1.97 bits per heavy atom. The Labute approximate surface area is 220 Å². The van der Waals surface area contributed by atoms with Gasteiger partial charge in [0.1, 0.15) is 11.7 Å². The molecule has 0 radical (unpaired) electrons. The van der Waals surface area contributed by atoms with Gasteiger partial charge in [-0.3, -0.25) is 4.79 Å². The summed E-state index contributed by atoms with van der Waals surface area (Å²) in [6.07, 6.45) is 6.45. The number of nitrogens with zero attached hydrogens (tertiary/aromatic N) is 1. The van der Waals surface area contributed by atoms with Crippen LogP contribution in [0.3, 0.4) is 0 Å². The molecule has 208 valence electrons. The Morgan fingerprint density at radius 1 is 1.22 bits per heavy atom. The number of carbonyl (C=O) groups excluding carboxylic acids is 2. The maximum atomic E-state index is 12.6. The van der Waals surface area contributed by atoms with E-state index in [1.54, 1.807) is 14.0 Å². The summed E-state index contributed by atoms with van der Waals surface area (Å²) in [4.78, 5) is 24.3. The third-order valence-electron chi connectivity index (χ3n) is 10.1. The third kappa shape index (κ3) is 4.72. The van der Waals surface area contributed by atoms with E-state index < -0.39 is 29.2 Å². The molecular formula is C28H44N2O7. The molecule has 3 saturated carbocycles. The second-order valence-corrected chi connectivity index (χ2v) is 11.8. The van der Waals surface area contributed by atoms with Crippen LogP contribution in [0.25, 0.3) is 0 Å². The lowest BCUT2D eigenvalue weighted by Crippen LogP contribution is -2.61. The molecule has 8 atom stereocenters. The topological polar surface area (TPSA) is 127 Å². The number of aliphatic hydroxyl groups excluding tert-OH is 1. The number of amides is 1. The third-order valence-corrected chi connectivity index (χ3v) is 10.1. The first-order chi connectivity index (χ1) is 17.5. The molecular weight excluding hydrogens is 476 g/mol. The summed E-state index contributed by atoms with van der Waals surface area (Å²) in [7, 11) is 1.57. The summed E-state index contributed by atoms with van der Waals surface area (Å²) in [6.45, 7) is 8.00. The summed E-state index contributed by atoms with van der Waals surface area (Å²) in [5.41, 5.74) is 2.00. The van der Waals surface area contributed by atoms with E-state index in [0.29, 0.717) is 24.0 Å². The van der Waals surface area contributed by atoms with Crippen molar-refractivity contribution in [3.8, 4) is 0 Å². The van der Waals surface area contributed by atoms with E-state index in [2.05, 4.69) is 30.5 Å². The highest BCUT2D eigenvalue weighted by atomic mass is 16.6. The minimum absolute atomic E-state index is 0.0412. The predicted molar refractivity (Wildman–Crippen MR) is 138 cm³/mol. The van der Waals surface area contributed by atoms with Gasteiger partial charge in [-0.15, -0.1) is 0 Å². The number of ether oxygens (including phenoxy) is 3. The van der Waals surface area contributed by atoms with Crippen LogP contribution in [0.4, 0.5) is 4.79 Å². The lowest BCUT2D eigenvalue weighted by atomic mass is 9.46. The lowest BCUT2D eigenvalue weighted by molar-refractivity contribution is -0.161. The maximum absolute atomic E-state index is 12.6. The number of hydrogen-bond acceptors (Lipinski definition) is 8. The standard InChI is InChI=1S/C28H44N2O7/c1-6-36-25(33)30-29-23(11-14-35-5)28(34)24(37-17(2)31)16-22-20-8-7-18-15-19(32)9-12-26(18,3)21(20)10-13-27(22,28)4/h7,19-22,24,32,34H,6,8-16H2,1-5H3,(H,30,33)/b29-23+. The van der Waals surface area contributed by atoms with E-state index >= 15 is 0 Å². The number of aliphatic hydroxyl groups is 2. The molecule has 3 N–H and O–H groups in total. The quantitative estimate of drug-likeness (QED) is 0.202. The Morgan fingerprint density at radius 3 is 2.65 bits per heavy atom. The van der Waals surface area contributed by atoms with Gasteiger partial charge in [0, 0.05) is 25.9 Å². The molecule has 4 aliphatic rings. The van der Waals surface area contributed by atoms with Gasteiger partial charge in [-0.25, -0.2) is 10.2 Å². The van der Waals surface area contributed by atoms with Crippen molar-refractivity contribution >= 4 is 17.8 Å². The zero-order chi connectivity index (χ0) is 27.0. The number of rotatable bonds is 7. The van der Waals surface area contributed by atoms with Crippen LogP contribution in [0, 0.1) is 28.6 Å². The summed E-state index contributed by atoms with van der Waals surface area (Å²) < 4.78 is 16.1. The number of hydrazone groups is 1. The largest absolute Gasteiger partial charge is 0.459 e. The molecule has 9 heteroatoms. The predicted octanol–water partition coefficient (Wildman–Crippen LogP) is 3.72. The summed E-state index contributed by atoms with van der Waals surface area (Å²) in [5, 5.41) is 27.3. The van der Waals surface area contributed by atoms with Gasteiger partial charge in [0.15, 0.2) is 0 Å². The SMILES string of the molecule is CCOC(=O)N/N=C(\CCOC)C1(O)C(OC(C)=O)CC2C3CC=C4CC(O)CCC4(C)C3CCC21C. The molecule has 0 aliphatic heterocycles. The van der Waals surface area contributed by atoms with E-state index in [1.165, 1.54) is 12.5 Å². The second-order valence-electron chi connectivity index (χ2n) is 11.8. The highest BCUT2D eigenvalue weighted by molar-refractivity contribution is 5.95. The highest BCUT2D eigenvalue weighted by Gasteiger charge is 2.70. The van der Waals surface area contributed by atoms with Gasteiger partial charge < -0.3 is 24.4 Å². The molecule has 0 aromatic heterocycles. The van der Waals surface area contributed by atoms with Crippen molar-refractivity contribution in [3.05, 3.63) is 11.6 Å². The van der Waals surface area contributed by atoms with E-state index in [0.717, 1.165) is 38.5 Å². The molecule has 0 heterocycles. The van der Waals surface area contributed by atoms with Crippen molar-refractivity contribution in [1.82, 2.24) is 5.43 Å². The average Bonchev–Trinajstić information content (AvgIpc) is 3.06. The fourth-order valence-electron chi connectivity index (χ4n) is 8.29. The second kappa shape index (κ2) is 10.7. The molecule has 0 bridgehead atoms. The van der Waals surface area contributed by atoms with Crippen LogP contribution in [0.15, 0.2) is 16.8 Å². The molecule has 3 fully saturated rings. The van der Waals surface area contributed by atoms with Crippen molar-refractivity contribution in [2.45, 2.75) is 96.9 Å². The smallest absolute Gasteiger partial charge is 0.427 e. The molecule has 0 spiro atoms. The molecule has 0 saturated heterocycles. The number of nitrogens with one attached hydrogen (secondary N) is 1. The lowest BCUT2D eigenvalue weighted by Gasteiger charge is -2.58. The van der Waals surface area contributed by atoms with Crippen LogP contribution in [0.5, 0.6) is 0 Å². The number of allylic oxidation sites excluding steroid dienone is 1. The van der Waals surface area contributed by atoms with Crippen molar-refractivity contribution in [1.29, 1.82) is 0 Å². The number of carbonyl (C=O) groups is 2. The van der Waals surface area contributed by atoms with Crippen molar-refractivity contribution in [2.75, 3.05) is 20.3 Å². The first-order valence-corrected chi connectivity index (χ1v) is 13.8. The summed E-state index contributed by atoms with van der Waals surface area (Å²) >= 11 is 0. The van der Waals surface area contributed by atoms with Crippen LogP contribution in [0.1, 0.15) is 79.1 Å². The average molecular weight is 521 g/mol. The monoisotopic (exact) mass is 520 g/mol. The molecule has 1 amide bonds. The van der Waals surface area contributed by atoms with Crippen molar-refractivity contribution < 1.29 is 34.0 Å². The van der Waals surface area contributed by atoms with Gasteiger partial charge in [-0.1, -0.05) is 25.5 Å². The Bertz CT molecular complexity index is 951. The Kier molecular flexibility index (Phi) is 8.08. The zero-order valence-corrected chi connectivity index (χ0v) is 22.9. The molecule has 9 nitrogen and oxygen atoms in total. The maximum Gasteiger partial charge on any atom is 0.427 e. The van der Waals surface area contributed by atoms with Gasteiger partial charge in [0.05, 0.1) is 25.0 Å². The van der Waals surface area contributed by atoms with Crippen LogP contribution >= 0.6 is 0 Å². The molecule has 4 rings (SSSR count). The van der Waals surface area contributed by atoms with Gasteiger partial charge in [-0.05, 0) is 75.0 Å². The molecule has 37 heavy (non-hydrogen) atoms. The van der Waals surface area contributed by atoms with Crippen LogP contribution in [-0.4, -0.2) is 66.1 Å². The van der Waals surface area contributed by atoms with Crippen LogP contribution in [-0.2, 0) is 19.0 Å². The van der Waals surface area contributed by atoms with E-state index in [1.807, 2.05) is 0 Å². The summed E-state index contributed by atoms with van der Waals surface area (Å²) in [6, 6.07) is 0.